The van der Waals surface area contributed by atoms with Gasteiger partial charge in [0, 0.05) is 10.7 Å². The molecule has 0 spiro atoms. The molecular formula is C18H18Cl2N2O3. The van der Waals surface area contributed by atoms with Gasteiger partial charge in [-0.05, 0) is 43.7 Å². The Morgan fingerprint density at radius 1 is 1.08 bits per heavy atom. The molecule has 0 saturated heterocycles. The molecule has 25 heavy (non-hydrogen) atoms. The second kappa shape index (κ2) is 8.74. The molecule has 0 saturated carbocycles. The molecule has 132 valence electrons. The zero-order valence-electron chi connectivity index (χ0n) is 13.8. The van der Waals surface area contributed by atoms with Crippen LogP contribution in [0.4, 0.5) is 5.69 Å². The Morgan fingerprint density at radius 2 is 1.76 bits per heavy atom. The van der Waals surface area contributed by atoms with E-state index >= 15 is 0 Å². The number of carbonyl (C=O) groups is 2. The number of hydrogen-bond acceptors (Lipinski definition) is 3. The van der Waals surface area contributed by atoms with Gasteiger partial charge in [0.05, 0.1) is 11.6 Å². The van der Waals surface area contributed by atoms with Crippen LogP contribution >= 0.6 is 23.2 Å². The first kappa shape index (κ1) is 19.1. The minimum atomic E-state index is -0.791. The van der Waals surface area contributed by atoms with Crippen LogP contribution in [-0.2, 0) is 9.59 Å². The molecule has 0 radical (unpaired) electrons. The van der Waals surface area contributed by atoms with Gasteiger partial charge in [0.1, 0.15) is 5.75 Å². The highest BCUT2D eigenvalue weighted by Gasteiger charge is 2.17. The average molecular weight is 381 g/mol. The third kappa shape index (κ3) is 5.37. The molecule has 5 nitrogen and oxygen atoms in total. The average Bonchev–Trinajstić information content (AvgIpc) is 2.58. The molecule has 0 aliphatic heterocycles. The molecule has 2 amide bonds. The number of halogens is 2. The van der Waals surface area contributed by atoms with Crippen LogP contribution in [0.2, 0.25) is 10.0 Å². The standard InChI is InChI=1S/C18H18Cl2N2O3/c1-11-13(19)7-5-8-15(11)22-17(23)10-21-18(24)12(2)25-16-9-4-3-6-14(16)20/h3-9,12H,10H2,1-2H3,(H,21,24)(H,22,23). The first-order valence-corrected chi connectivity index (χ1v) is 8.38. The van der Waals surface area contributed by atoms with Crippen LogP contribution in [0.1, 0.15) is 12.5 Å². The summed E-state index contributed by atoms with van der Waals surface area (Å²) < 4.78 is 5.50. The molecule has 2 aromatic rings. The Kier molecular flexibility index (Phi) is 6.67. The van der Waals surface area contributed by atoms with Crippen LogP contribution < -0.4 is 15.4 Å². The van der Waals surface area contributed by atoms with E-state index in [4.69, 9.17) is 27.9 Å². The first-order valence-electron chi connectivity index (χ1n) is 7.62. The lowest BCUT2D eigenvalue weighted by Gasteiger charge is -2.15. The SMILES string of the molecule is Cc1c(Cl)cccc1NC(=O)CNC(=O)C(C)Oc1ccccc1Cl. The minimum absolute atomic E-state index is 0.180. The number of benzene rings is 2. The van der Waals surface area contributed by atoms with E-state index in [1.807, 2.05) is 0 Å². The fourth-order valence-electron chi connectivity index (χ4n) is 2.03. The lowest BCUT2D eigenvalue weighted by molar-refractivity contribution is -0.129. The zero-order chi connectivity index (χ0) is 18.4. The van der Waals surface area contributed by atoms with Gasteiger partial charge >= 0.3 is 0 Å². The van der Waals surface area contributed by atoms with Gasteiger partial charge in [-0.3, -0.25) is 9.59 Å². The van der Waals surface area contributed by atoms with Crippen molar-refractivity contribution in [2.24, 2.45) is 0 Å². The summed E-state index contributed by atoms with van der Waals surface area (Å²) in [5.74, 6) is -0.368. The second-order valence-corrected chi connectivity index (χ2v) is 6.18. The van der Waals surface area contributed by atoms with E-state index in [-0.39, 0.29) is 12.5 Å². The summed E-state index contributed by atoms with van der Waals surface area (Å²) in [7, 11) is 0. The lowest BCUT2D eigenvalue weighted by Crippen LogP contribution is -2.40. The molecule has 0 heterocycles. The van der Waals surface area contributed by atoms with E-state index in [0.29, 0.717) is 21.5 Å². The van der Waals surface area contributed by atoms with E-state index in [9.17, 15) is 9.59 Å². The third-order valence-electron chi connectivity index (χ3n) is 3.47. The van der Waals surface area contributed by atoms with Gasteiger partial charge in [-0.1, -0.05) is 41.4 Å². The highest BCUT2D eigenvalue weighted by molar-refractivity contribution is 6.32. The van der Waals surface area contributed by atoms with Gasteiger partial charge < -0.3 is 15.4 Å². The Labute approximate surface area is 156 Å². The van der Waals surface area contributed by atoms with Crippen molar-refractivity contribution in [1.29, 1.82) is 0 Å². The molecule has 0 aromatic heterocycles. The van der Waals surface area contributed by atoms with E-state index in [2.05, 4.69) is 10.6 Å². The van der Waals surface area contributed by atoms with Crippen LogP contribution in [0.3, 0.4) is 0 Å². The maximum atomic E-state index is 12.1. The number of ether oxygens (including phenoxy) is 1. The Hall–Kier alpha value is -2.24. The largest absolute Gasteiger partial charge is 0.479 e. The van der Waals surface area contributed by atoms with Crippen molar-refractivity contribution in [3.63, 3.8) is 0 Å². The fraction of sp³-hybridized carbons (Fsp3) is 0.222. The smallest absolute Gasteiger partial charge is 0.261 e. The molecule has 0 aliphatic carbocycles. The van der Waals surface area contributed by atoms with E-state index in [1.54, 1.807) is 56.3 Å². The van der Waals surface area contributed by atoms with Crippen molar-refractivity contribution < 1.29 is 14.3 Å². The summed E-state index contributed by atoms with van der Waals surface area (Å²) in [5.41, 5.74) is 1.37. The van der Waals surface area contributed by atoms with Gasteiger partial charge in [0.15, 0.2) is 6.10 Å². The maximum Gasteiger partial charge on any atom is 0.261 e. The van der Waals surface area contributed by atoms with Crippen molar-refractivity contribution in [3.05, 3.63) is 58.1 Å². The second-order valence-electron chi connectivity index (χ2n) is 5.37. The molecule has 0 aliphatic rings. The van der Waals surface area contributed by atoms with E-state index in [1.165, 1.54) is 0 Å². The molecule has 0 fully saturated rings. The summed E-state index contributed by atoms with van der Waals surface area (Å²) in [6, 6.07) is 12.1. The molecule has 2 rings (SSSR count). The van der Waals surface area contributed by atoms with Crippen LogP contribution in [0.25, 0.3) is 0 Å². The highest BCUT2D eigenvalue weighted by atomic mass is 35.5. The fourth-order valence-corrected chi connectivity index (χ4v) is 2.39. The van der Waals surface area contributed by atoms with E-state index in [0.717, 1.165) is 5.56 Å². The minimum Gasteiger partial charge on any atom is -0.479 e. The number of amides is 2. The molecular weight excluding hydrogens is 363 g/mol. The first-order chi connectivity index (χ1) is 11.9. The number of hydrogen-bond donors (Lipinski definition) is 2. The monoisotopic (exact) mass is 380 g/mol. The summed E-state index contributed by atoms with van der Waals surface area (Å²) in [6.07, 6.45) is -0.791. The number of para-hydroxylation sites is 1. The van der Waals surface area contributed by atoms with Gasteiger partial charge in [-0.15, -0.1) is 0 Å². The number of nitrogens with one attached hydrogen (secondary N) is 2. The van der Waals surface area contributed by atoms with Gasteiger partial charge in [0.2, 0.25) is 5.91 Å². The van der Waals surface area contributed by atoms with Crippen LogP contribution in [-0.4, -0.2) is 24.5 Å². The van der Waals surface area contributed by atoms with Crippen LogP contribution in [0.5, 0.6) is 5.75 Å². The van der Waals surface area contributed by atoms with Crippen molar-refractivity contribution in [2.75, 3.05) is 11.9 Å². The molecule has 7 heteroatoms. The number of rotatable bonds is 6. The summed E-state index contributed by atoms with van der Waals surface area (Å²) in [6.45, 7) is 3.20. The van der Waals surface area contributed by atoms with Crippen LogP contribution in [0, 0.1) is 6.92 Å². The quantitative estimate of drug-likeness (QED) is 0.799. The number of anilines is 1. The topological polar surface area (TPSA) is 67.4 Å². The van der Waals surface area contributed by atoms with Gasteiger partial charge in [-0.2, -0.15) is 0 Å². The Morgan fingerprint density at radius 3 is 2.48 bits per heavy atom. The Balaban J connectivity index is 1.85. The highest BCUT2D eigenvalue weighted by Crippen LogP contribution is 2.24. The predicted molar refractivity (Wildman–Crippen MR) is 99.4 cm³/mol. The maximum absolute atomic E-state index is 12.1. The Bertz CT molecular complexity index is 781. The normalized spacial score (nSPS) is 11.5. The van der Waals surface area contributed by atoms with Crippen LogP contribution in [0.15, 0.2) is 42.5 Å². The van der Waals surface area contributed by atoms with Crippen molar-refractivity contribution >= 4 is 40.7 Å². The van der Waals surface area contributed by atoms with E-state index < -0.39 is 12.0 Å². The molecule has 1 atom stereocenters. The molecule has 2 N–H and O–H groups in total. The summed E-state index contributed by atoms with van der Waals surface area (Å²) in [5, 5.41) is 6.20. The van der Waals surface area contributed by atoms with Crippen molar-refractivity contribution in [2.45, 2.75) is 20.0 Å². The molecule has 0 bridgehead atoms. The lowest BCUT2D eigenvalue weighted by atomic mass is 10.2. The third-order valence-corrected chi connectivity index (χ3v) is 4.20. The molecule has 1 unspecified atom stereocenters. The zero-order valence-corrected chi connectivity index (χ0v) is 15.3. The summed E-state index contributed by atoms with van der Waals surface area (Å²) in [4.78, 5) is 24.0. The predicted octanol–water partition coefficient (Wildman–Crippen LogP) is 3.82. The van der Waals surface area contributed by atoms with Crippen molar-refractivity contribution in [3.8, 4) is 5.75 Å². The van der Waals surface area contributed by atoms with Gasteiger partial charge in [0.25, 0.3) is 5.91 Å². The summed E-state index contributed by atoms with van der Waals surface area (Å²) >= 11 is 12.0. The van der Waals surface area contributed by atoms with Crippen molar-refractivity contribution in [1.82, 2.24) is 5.32 Å². The molecule has 2 aromatic carbocycles. The number of carbonyl (C=O) groups excluding carboxylic acids is 2. The van der Waals surface area contributed by atoms with Gasteiger partial charge in [-0.25, -0.2) is 0 Å².